The van der Waals surface area contributed by atoms with E-state index in [2.05, 4.69) is 53.1 Å². The maximum Gasteiger partial charge on any atom is 0.221 e. The summed E-state index contributed by atoms with van der Waals surface area (Å²) in [6.45, 7) is 1.84. The van der Waals surface area contributed by atoms with Crippen LogP contribution in [-0.4, -0.2) is 16.4 Å². The molecule has 6 nitrogen and oxygen atoms in total. The van der Waals surface area contributed by atoms with Gasteiger partial charge in [-0.1, -0.05) is 54.6 Å². The van der Waals surface area contributed by atoms with Crippen LogP contribution in [0.25, 0.3) is 32.8 Å². The number of aromatic nitrogens is 1. The fourth-order valence-electron chi connectivity index (χ4n) is 3.84. The number of nitrogens with zero attached hydrogens (tertiary/aromatic N) is 1. The Hall–Kier alpha value is -3.80. The molecule has 3 aromatic carbocycles. The Morgan fingerprint density at radius 3 is 2.59 bits per heavy atom. The predicted molar refractivity (Wildman–Crippen MR) is 119 cm³/mol. The van der Waals surface area contributed by atoms with Gasteiger partial charge in [-0.2, -0.15) is 0 Å². The largest absolute Gasteiger partial charge is 0.370 e. The number of hydrogen-bond donors (Lipinski definition) is 4. The number of hydrogen-bond acceptors (Lipinski definition) is 2. The van der Waals surface area contributed by atoms with Gasteiger partial charge in [0, 0.05) is 19.4 Å². The number of amides is 1. The molecule has 0 radical (unpaired) electrons. The summed E-state index contributed by atoms with van der Waals surface area (Å²) in [5.74, 6) is -0.250. The summed E-state index contributed by atoms with van der Waals surface area (Å²) in [6, 6.07) is 20.9. The van der Waals surface area contributed by atoms with Crippen molar-refractivity contribution in [1.82, 2.24) is 9.88 Å². The number of anilines is 1. The maximum absolute atomic E-state index is 11.8. The molecule has 0 atom stereocenters. The van der Waals surface area contributed by atoms with Crippen LogP contribution in [0.15, 0.2) is 60.7 Å². The minimum absolute atomic E-state index is 0.111. The molecule has 1 heterocycles. The number of aryl methyl sites for hydroxylation is 1. The lowest BCUT2D eigenvalue weighted by Crippen LogP contribution is -2.30. The summed E-state index contributed by atoms with van der Waals surface area (Å²) in [5, 5.41) is 16.6. The highest BCUT2D eigenvalue weighted by atomic mass is 16.1. The average Bonchev–Trinajstić information content (AvgIpc) is 2.96. The van der Waals surface area contributed by atoms with E-state index in [0.717, 1.165) is 33.4 Å². The molecule has 0 aliphatic carbocycles. The van der Waals surface area contributed by atoms with Crippen molar-refractivity contribution in [3.63, 3.8) is 0 Å². The van der Waals surface area contributed by atoms with Gasteiger partial charge in [-0.3, -0.25) is 10.2 Å². The van der Waals surface area contributed by atoms with Crippen LogP contribution in [0.1, 0.15) is 12.6 Å². The third-order valence-corrected chi connectivity index (χ3v) is 5.17. The number of nitrogens with two attached hydrogens (primary N) is 1. The lowest BCUT2D eigenvalue weighted by Gasteiger charge is -2.09. The SMILES string of the molecule is CC(=O)Nc1c(CNC(=N)N)n(C)c2cc(-c3cccc4ccccc34)ccc12. The van der Waals surface area contributed by atoms with E-state index in [4.69, 9.17) is 11.1 Å². The number of fused-ring (bicyclic) bond motifs is 2. The molecule has 0 unspecified atom stereocenters. The Kier molecular flexibility index (Phi) is 4.68. The van der Waals surface area contributed by atoms with Gasteiger partial charge < -0.3 is 20.9 Å². The van der Waals surface area contributed by atoms with Gasteiger partial charge in [-0.25, -0.2) is 0 Å². The molecular formula is C23H23N5O. The number of carbonyl (C=O) groups is 1. The minimum atomic E-state index is -0.139. The quantitative estimate of drug-likeness (QED) is 0.316. The second-order valence-corrected chi connectivity index (χ2v) is 7.09. The van der Waals surface area contributed by atoms with Crippen molar-refractivity contribution in [2.24, 2.45) is 12.8 Å². The molecule has 1 aromatic heterocycles. The fourth-order valence-corrected chi connectivity index (χ4v) is 3.84. The first kappa shape index (κ1) is 18.6. The number of rotatable bonds is 4. The van der Waals surface area contributed by atoms with E-state index in [1.807, 2.05) is 29.8 Å². The van der Waals surface area contributed by atoms with E-state index >= 15 is 0 Å². The summed E-state index contributed by atoms with van der Waals surface area (Å²) in [7, 11) is 1.96. The zero-order valence-electron chi connectivity index (χ0n) is 16.4. The highest BCUT2D eigenvalue weighted by Gasteiger charge is 2.17. The van der Waals surface area contributed by atoms with Crippen molar-refractivity contribution in [2.75, 3.05) is 5.32 Å². The van der Waals surface area contributed by atoms with Crippen LogP contribution in [0, 0.1) is 5.41 Å². The van der Waals surface area contributed by atoms with Gasteiger partial charge in [-0.15, -0.1) is 0 Å². The van der Waals surface area contributed by atoms with Gasteiger partial charge in [0.15, 0.2) is 5.96 Å². The number of carbonyl (C=O) groups excluding carboxylic acids is 1. The second kappa shape index (κ2) is 7.31. The number of nitrogens with one attached hydrogen (secondary N) is 3. The third kappa shape index (κ3) is 3.40. The van der Waals surface area contributed by atoms with Crippen molar-refractivity contribution in [1.29, 1.82) is 5.41 Å². The second-order valence-electron chi connectivity index (χ2n) is 7.09. The Morgan fingerprint density at radius 2 is 1.83 bits per heavy atom. The maximum atomic E-state index is 11.8. The van der Waals surface area contributed by atoms with Crippen LogP contribution in [0.4, 0.5) is 5.69 Å². The van der Waals surface area contributed by atoms with Crippen molar-refractivity contribution in [3.05, 3.63) is 66.4 Å². The van der Waals surface area contributed by atoms with Gasteiger partial charge in [0.25, 0.3) is 0 Å². The van der Waals surface area contributed by atoms with Gasteiger partial charge in [0.1, 0.15) is 0 Å². The van der Waals surface area contributed by atoms with E-state index in [0.29, 0.717) is 6.54 Å². The minimum Gasteiger partial charge on any atom is -0.370 e. The fraction of sp³-hybridized carbons (Fsp3) is 0.130. The van der Waals surface area contributed by atoms with Crippen LogP contribution in [0.5, 0.6) is 0 Å². The first-order valence-electron chi connectivity index (χ1n) is 9.40. The van der Waals surface area contributed by atoms with E-state index in [1.165, 1.54) is 17.7 Å². The molecule has 29 heavy (non-hydrogen) atoms. The summed E-state index contributed by atoms with van der Waals surface area (Å²) in [6.07, 6.45) is 0. The molecule has 146 valence electrons. The number of benzene rings is 3. The van der Waals surface area contributed by atoms with Crippen LogP contribution in [0.2, 0.25) is 0 Å². The van der Waals surface area contributed by atoms with E-state index in [-0.39, 0.29) is 11.9 Å². The predicted octanol–water partition coefficient (Wildman–Crippen LogP) is 3.94. The van der Waals surface area contributed by atoms with Gasteiger partial charge >= 0.3 is 0 Å². The normalized spacial score (nSPS) is 11.0. The molecule has 0 saturated heterocycles. The molecule has 0 aliphatic heterocycles. The zero-order chi connectivity index (χ0) is 20.5. The van der Waals surface area contributed by atoms with Crippen molar-refractivity contribution >= 4 is 39.2 Å². The van der Waals surface area contributed by atoms with Crippen LogP contribution < -0.4 is 16.4 Å². The smallest absolute Gasteiger partial charge is 0.221 e. The number of guanidine groups is 1. The lowest BCUT2D eigenvalue weighted by molar-refractivity contribution is -0.114. The van der Waals surface area contributed by atoms with Gasteiger partial charge in [0.05, 0.1) is 23.4 Å². The molecule has 5 N–H and O–H groups in total. The van der Waals surface area contributed by atoms with Crippen LogP contribution in [0.3, 0.4) is 0 Å². The molecular weight excluding hydrogens is 362 g/mol. The average molecular weight is 385 g/mol. The summed E-state index contributed by atoms with van der Waals surface area (Å²) in [5.41, 5.74) is 10.3. The molecule has 4 rings (SSSR count). The monoisotopic (exact) mass is 385 g/mol. The van der Waals surface area contributed by atoms with Gasteiger partial charge in [0.2, 0.25) is 5.91 Å². The van der Waals surface area contributed by atoms with E-state index in [1.54, 1.807) is 0 Å². The van der Waals surface area contributed by atoms with Crippen LogP contribution >= 0.6 is 0 Å². The summed E-state index contributed by atoms with van der Waals surface area (Å²) >= 11 is 0. The van der Waals surface area contributed by atoms with Crippen molar-refractivity contribution in [3.8, 4) is 11.1 Å². The first-order valence-corrected chi connectivity index (χ1v) is 9.40. The topological polar surface area (TPSA) is 95.9 Å². The van der Waals surface area contributed by atoms with E-state index in [9.17, 15) is 4.79 Å². The van der Waals surface area contributed by atoms with Crippen LogP contribution in [-0.2, 0) is 18.4 Å². The summed E-state index contributed by atoms with van der Waals surface area (Å²) in [4.78, 5) is 11.8. The molecule has 1 amide bonds. The Labute approximate surface area is 168 Å². The zero-order valence-corrected chi connectivity index (χ0v) is 16.4. The Balaban J connectivity index is 1.90. The Bertz CT molecular complexity index is 1250. The lowest BCUT2D eigenvalue weighted by atomic mass is 9.97. The molecule has 0 bridgehead atoms. The molecule has 0 saturated carbocycles. The van der Waals surface area contributed by atoms with Crippen molar-refractivity contribution < 1.29 is 4.79 Å². The summed E-state index contributed by atoms with van der Waals surface area (Å²) < 4.78 is 2.03. The first-order chi connectivity index (χ1) is 14.0. The highest BCUT2D eigenvalue weighted by molar-refractivity contribution is 6.05. The molecule has 0 aliphatic rings. The van der Waals surface area contributed by atoms with Crippen molar-refractivity contribution in [2.45, 2.75) is 13.5 Å². The van der Waals surface area contributed by atoms with Gasteiger partial charge in [-0.05, 0) is 28.0 Å². The standard InChI is InChI=1S/C23H23N5O/c1-14(29)27-22-19-11-10-16(12-20(19)28(2)21(22)13-26-23(24)25)18-9-5-7-15-6-3-4-8-17(15)18/h3-12H,13H2,1-2H3,(H,27,29)(H4,24,25,26). The molecule has 6 heteroatoms. The molecule has 0 fully saturated rings. The Morgan fingerprint density at radius 1 is 1.07 bits per heavy atom. The van der Waals surface area contributed by atoms with E-state index < -0.39 is 0 Å². The third-order valence-electron chi connectivity index (χ3n) is 5.17. The molecule has 4 aromatic rings. The molecule has 0 spiro atoms. The highest BCUT2D eigenvalue weighted by Crippen LogP contribution is 2.35.